The van der Waals surface area contributed by atoms with Crippen molar-refractivity contribution in [1.82, 2.24) is 10.2 Å². The molecule has 0 aromatic heterocycles. The molecule has 0 radical (unpaired) electrons. The average molecular weight is 258 g/mol. The Hall–Kier alpha value is -1.34. The molecule has 7 nitrogen and oxygen atoms in total. The van der Waals surface area contributed by atoms with Crippen LogP contribution in [-0.4, -0.2) is 65.6 Å². The van der Waals surface area contributed by atoms with Crippen LogP contribution in [0.2, 0.25) is 0 Å². The van der Waals surface area contributed by atoms with Crippen LogP contribution in [0.25, 0.3) is 0 Å². The summed E-state index contributed by atoms with van der Waals surface area (Å²) in [6, 6.07) is -0.959. The smallest absolute Gasteiger partial charge is 0.318 e. The van der Waals surface area contributed by atoms with Gasteiger partial charge in [-0.1, -0.05) is 0 Å². The van der Waals surface area contributed by atoms with E-state index in [0.717, 1.165) is 12.8 Å². The molecule has 0 bridgehead atoms. The molecule has 18 heavy (non-hydrogen) atoms. The number of carbonyl (C=O) groups excluding carboxylic acids is 1. The highest BCUT2D eigenvalue weighted by atomic mass is 16.5. The summed E-state index contributed by atoms with van der Waals surface area (Å²) >= 11 is 0. The van der Waals surface area contributed by atoms with Crippen LogP contribution in [0.4, 0.5) is 4.79 Å². The van der Waals surface area contributed by atoms with Crippen LogP contribution in [-0.2, 0) is 9.53 Å². The summed E-state index contributed by atoms with van der Waals surface area (Å²) in [6.07, 6.45) is 1.65. The average Bonchev–Trinajstić information content (AvgIpc) is 2.96. The zero-order chi connectivity index (χ0) is 13.1. The Morgan fingerprint density at radius 2 is 2.17 bits per heavy atom. The standard InChI is InChI=1S/C11H18N2O5/c14-4-7-2-1-3-13(7)11(17)12-9-6-18-5-8(9)10(15)16/h7-9,14H,1-6H2,(H,12,17)(H,15,16). The number of carboxylic acids is 1. The summed E-state index contributed by atoms with van der Waals surface area (Å²) in [5, 5.41) is 20.8. The van der Waals surface area contributed by atoms with Crippen LogP contribution in [0.5, 0.6) is 0 Å². The van der Waals surface area contributed by atoms with Gasteiger partial charge in [-0.05, 0) is 12.8 Å². The monoisotopic (exact) mass is 258 g/mol. The maximum atomic E-state index is 12.0. The highest BCUT2D eigenvalue weighted by molar-refractivity contribution is 5.77. The van der Waals surface area contributed by atoms with Gasteiger partial charge in [-0.3, -0.25) is 4.79 Å². The number of nitrogens with zero attached hydrogens (tertiary/aromatic N) is 1. The van der Waals surface area contributed by atoms with Crippen molar-refractivity contribution in [2.45, 2.75) is 24.9 Å². The number of ether oxygens (including phenoxy) is 1. The SMILES string of the molecule is O=C(O)C1COCC1NC(=O)N1CCCC1CO. The highest BCUT2D eigenvalue weighted by Gasteiger charge is 2.37. The van der Waals surface area contributed by atoms with E-state index in [1.807, 2.05) is 0 Å². The zero-order valence-corrected chi connectivity index (χ0v) is 10.0. The summed E-state index contributed by atoms with van der Waals surface area (Å²) in [5.41, 5.74) is 0. The summed E-state index contributed by atoms with van der Waals surface area (Å²) < 4.78 is 5.08. The first-order valence-corrected chi connectivity index (χ1v) is 6.12. The number of urea groups is 1. The third-order valence-corrected chi connectivity index (χ3v) is 3.56. The first-order valence-electron chi connectivity index (χ1n) is 6.12. The van der Waals surface area contributed by atoms with Gasteiger partial charge in [0.1, 0.15) is 5.92 Å². The van der Waals surface area contributed by atoms with Gasteiger partial charge >= 0.3 is 12.0 Å². The Labute approximate surface area is 105 Å². The van der Waals surface area contributed by atoms with Crippen molar-refractivity contribution in [3.05, 3.63) is 0 Å². The van der Waals surface area contributed by atoms with Crippen molar-refractivity contribution < 1.29 is 24.5 Å². The molecule has 2 saturated heterocycles. The van der Waals surface area contributed by atoms with Crippen LogP contribution in [0.1, 0.15) is 12.8 Å². The molecule has 0 saturated carbocycles. The third-order valence-electron chi connectivity index (χ3n) is 3.56. The first-order chi connectivity index (χ1) is 8.63. The molecule has 0 aromatic rings. The quantitative estimate of drug-likeness (QED) is 0.618. The van der Waals surface area contributed by atoms with Crippen molar-refractivity contribution in [1.29, 1.82) is 0 Å². The molecule has 2 rings (SSSR count). The first kappa shape index (κ1) is 13.1. The van der Waals surface area contributed by atoms with Gasteiger partial charge in [0.25, 0.3) is 0 Å². The molecule has 2 aliphatic heterocycles. The number of likely N-dealkylation sites (tertiary alicyclic amines) is 1. The maximum Gasteiger partial charge on any atom is 0.318 e. The second kappa shape index (κ2) is 5.53. The van der Waals surface area contributed by atoms with Crippen LogP contribution in [0.3, 0.4) is 0 Å². The van der Waals surface area contributed by atoms with Crippen LogP contribution >= 0.6 is 0 Å². The van der Waals surface area contributed by atoms with Gasteiger partial charge in [0.2, 0.25) is 0 Å². The molecule has 102 valence electrons. The number of aliphatic carboxylic acids is 1. The van der Waals surface area contributed by atoms with E-state index in [1.54, 1.807) is 4.90 Å². The van der Waals surface area contributed by atoms with Crippen molar-refractivity contribution in [3.63, 3.8) is 0 Å². The number of amides is 2. The van der Waals surface area contributed by atoms with Crippen molar-refractivity contribution in [2.75, 3.05) is 26.4 Å². The Kier molecular flexibility index (Phi) is 4.03. The summed E-state index contributed by atoms with van der Waals surface area (Å²) in [4.78, 5) is 24.5. The fourth-order valence-corrected chi connectivity index (χ4v) is 2.47. The molecular weight excluding hydrogens is 240 g/mol. The van der Waals surface area contributed by atoms with E-state index < -0.39 is 17.9 Å². The van der Waals surface area contributed by atoms with Crippen LogP contribution < -0.4 is 5.32 Å². The Bertz CT molecular complexity index is 335. The lowest BCUT2D eigenvalue weighted by Gasteiger charge is -2.26. The minimum atomic E-state index is -0.960. The van der Waals surface area contributed by atoms with Crippen molar-refractivity contribution in [2.24, 2.45) is 5.92 Å². The minimum Gasteiger partial charge on any atom is -0.481 e. The molecule has 2 fully saturated rings. The number of carbonyl (C=O) groups is 2. The second-order valence-electron chi connectivity index (χ2n) is 4.71. The van der Waals surface area contributed by atoms with Gasteiger partial charge < -0.3 is 25.2 Å². The van der Waals surface area contributed by atoms with Gasteiger partial charge in [0, 0.05) is 6.54 Å². The van der Waals surface area contributed by atoms with E-state index in [4.69, 9.17) is 14.9 Å². The van der Waals surface area contributed by atoms with Gasteiger partial charge in [-0.15, -0.1) is 0 Å². The Morgan fingerprint density at radius 3 is 2.83 bits per heavy atom. The molecule has 3 N–H and O–H groups in total. The summed E-state index contributed by atoms with van der Waals surface area (Å²) in [7, 11) is 0. The molecule has 7 heteroatoms. The zero-order valence-electron chi connectivity index (χ0n) is 10.0. The number of rotatable bonds is 3. The van der Waals surface area contributed by atoms with Crippen molar-refractivity contribution >= 4 is 12.0 Å². The molecule has 2 aliphatic rings. The number of hydrogen-bond acceptors (Lipinski definition) is 4. The normalized spacial score (nSPS) is 31.6. The lowest BCUT2D eigenvalue weighted by Crippen LogP contribution is -2.50. The van der Waals surface area contributed by atoms with Gasteiger partial charge in [-0.25, -0.2) is 4.79 Å². The molecule has 0 spiro atoms. The van der Waals surface area contributed by atoms with Gasteiger partial charge in [0.15, 0.2) is 0 Å². The Balaban J connectivity index is 1.92. The van der Waals surface area contributed by atoms with E-state index >= 15 is 0 Å². The van der Waals surface area contributed by atoms with E-state index in [0.29, 0.717) is 6.54 Å². The lowest BCUT2D eigenvalue weighted by atomic mass is 10.0. The van der Waals surface area contributed by atoms with Crippen LogP contribution in [0, 0.1) is 5.92 Å². The molecule has 3 unspecified atom stereocenters. The van der Waals surface area contributed by atoms with Crippen molar-refractivity contribution in [3.8, 4) is 0 Å². The van der Waals surface area contributed by atoms with Gasteiger partial charge in [-0.2, -0.15) is 0 Å². The largest absolute Gasteiger partial charge is 0.481 e. The lowest BCUT2D eigenvalue weighted by molar-refractivity contribution is -0.142. The number of carboxylic acid groups (broad SMARTS) is 1. The summed E-state index contributed by atoms with van der Waals surface area (Å²) in [5.74, 6) is -1.65. The number of hydrogen-bond donors (Lipinski definition) is 3. The van der Waals surface area contributed by atoms with E-state index in [-0.39, 0.29) is 31.9 Å². The topological polar surface area (TPSA) is 99.1 Å². The maximum absolute atomic E-state index is 12.0. The predicted molar refractivity (Wildman–Crippen MR) is 61.1 cm³/mol. The van der Waals surface area contributed by atoms with Gasteiger partial charge in [0.05, 0.1) is 31.9 Å². The molecule has 2 amide bonds. The fraction of sp³-hybridized carbons (Fsp3) is 0.818. The molecule has 2 heterocycles. The number of nitrogens with one attached hydrogen (secondary N) is 1. The van der Waals surface area contributed by atoms with E-state index in [2.05, 4.69) is 5.32 Å². The van der Waals surface area contributed by atoms with E-state index in [1.165, 1.54) is 0 Å². The number of aliphatic hydroxyl groups excluding tert-OH is 1. The third kappa shape index (κ3) is 2.56. The Morgan fingerprint density at radius 1 is 1.39 bits per heavy atom. The molecule has 0 aromatic carbocycles. The second-order valence-corrected chi connectivity index (χ2v) is 4.71. The molecular formula is C11H18N2O5. The molecule has 0 aliphatic carbocycles. The number of aliphatic hydroxyl groups is 1. The fourth-order valence-electron chi connectivity index (χ4n) is 2.47. The predicted octanol–water partition coefficient (Wildman–Crippen LogP) is -0.748. The minimum absolute atomic E-state index is 0.0586. The highest BCUT2D eigenvalue weighted by Crippen LogP contribution is 2.19. The molecule has 3 atom stereocenters. The van der Waals surface area contributed by atoms with E-state index in [9.17, 15) is 9.59 Å². The summed E-state index contributed by atoms with van der Waals surface area (Å²) in [6.45, 7) is 0.892. The van der Waals surface area contributed by atoms with Crippen LogP contribution in [0.15, 0.2) is 0 Å².